The Labute approximate surface area is 168 Å². The molecule has 1 atom stereocenters. The number of nitrogens with zero attached hydrogens (tertiary/aromatic N) is 1. The van der Waals surface area contributed by atoms with Crippen LogP contribution in [0.1, 0.15) is 24.5 Å². The molecule has 0 aliphatic heterocycles. The van der Waals surface area contributed by atoms with Gasteiger partial charge < -0.3 is 10.3 Å². The third-order valence-electron chi connectivity index (χ3n) is 4.57. The fourth-order valence-electron chi connectivity index (χ4n) is 2.80. The maximum atomic E-state index is 12.8. The Morgan fingerprint density at radius 2 is 1.89 bits per heavy atom. The maximum Gasteiger partial charge on any atom is 0.252 e. The first-order valence-electron chi connectivity index (χ1n) is 9.18. The van der Waals surface area contributed by atoms with Crippen LogP contribution in [-0.2, 0) is 4.79 Å². The van der Waals surface area contributed by atoms with Crippen LogP contribution in [0.2, 0.25) is 0 Å². The van der Waals surface area contributed by atoms with E-state index in [-0.39, 0.29) is 16.7 Å². The summed E-state index contributed by atoms with van der Waals surface area (Å²) in [5.74, 6) is -0.103. The van der Waals surface area contributed by atoms with Crippen molar-refractivity contribution in [3.8, 4) is 11.3 Å². The Bertz CT molecular complexity index is 1030. The number of benzene rings is 2. The average molecular weight is 394 g/mol. The predicted molar refractivity (Wildman–Crippen MR) is 115 cm³/mol. The summed E-state index contributed by atoms with van der Waals surface area (Å²) in [7, 11) is 0. The van der Waals surface area contributed by atoms with Crippen molar-refractivity contribution in [2.75, 3.05) is 5.32 Å². The Hall–Kier alpha value is -2.86. The fourth-order valence-corrected chi connectivity index (χ4v) is 3.72. The number of anilines is 1. The van der Waals surface area contributed by atoms with E-state index in [1.807, 2.05) is 69.3 Å². The lowest BCUT2D eigenvalue weighted by Gasteiger charge is -2.16. The Morgan fingerprint density at radius 1 is 1.14 bits per heavy atom. The zero-order valence-electron chi connectivity index (χ0n) is 16.2. The number of thioether (sulfide) groups is 1. The number of aryl methyl sites for hydroxylation is 1. The topological polar surface area (TPSA) is 74.8 Å². The van der Waals surface area contributed by atoms with Gasteiger partial charge in [-0.25, -0.2) is 4.98 Å². The molecule has 0 aliphatic rings. The van der Waals surface area contributed by atoms with Crippen molar-refractivity contribution in [3.05, 3.63) is 76.1 Å². The molecule has 1 aromatic heterocycles. The molecule has 5 nitrogen and oxygen atoms in total. The van der Waals surface area contributed by atoms with E-state index in [1.165, 1.54) is 17.8 Å². The highest BCUT2D eigenvalue weighted by Crippen LogP contribution is 2.26. The Kier molecular flexibility index (Phi) is 6.31. The lowest BCUT2D eigenvalue weighted by Crippen LogP contribution is -2.25. The summed E-state index contributed by atoms with van der Waals surface area (Å²) in [6.07, 6.45) is 0.612. The minimum absolute atomic E-state index is 0.103. The largest absolute Gasteiger partial charge is 0.325 e. The molecule has 2 N–H and O–H groups in total. The minimum Gasteiger partial charge on any atom is -0.325 e. The van der Waals surface area contributed by atoms with E-state index in [4.69, 9.17) is 0 Å². The second-order valence-electron chi connectivity index (χ2n) is 6.55. The van der Waals surface area contributed by atoms with E-state index >= 15 is 0 Å². The predicted octanol–water partition coefficient (Wildman–Crippen LogP) is 4.56. The molecular formula is C22H23N3O2S. The molecule has 0 radical (unpaired) electrons. The SMILES string of the molecule is CCC(Sc1nc(-c2ccccc2)cc(=O)[nH]1)C(=O)Nc1cccc(C)c1C. The molecule has 0 saturated carbocycles. The molecule has 0 spiro atoms. The van der Waals surface area contributed by atoms with E-state index in [9.17, 15) is 9.59 Å². The smallest absolute Gasteiger partial charge is 0.252 e. The number of H-pyrrole nitrogens is 1. The molecule has 1 heterocycles. The van der Waals surface area contributed by atoms with Crippen LogP contribution in [0.4, 0.5) is 5.69 Å². The number of hydrogen-bond acceptors (Lipinski definition) is 4. The summed E-state index contributed by atoms with van der Waals surface area (Å²) < 4.78 is 0. The summed E-state index contributed by atoms with van der Waals surface area (Å²) in [4.78, 5) is 32.2. The van der Waals surface area contributed by atoms with Gasteiger partial charge in [-0.3, -0.25) is 9.59 Å². The monoisotopic (exact) mass is 393 g/mol. The van der Waals surface area contributed by atoms with E-state index < -0.39 is 0 Å². The number of rotatable bonds is 6. The number of hydrogen-bond donors (Lipinski definition) is 2. The minimum atomic E-state index is -0.367. The van der Waals surface area contributed by atoms with Crippen molar-refractivity contribution in [2.45, 2.75) is 37.6 Å². The van der Waals surface area contributed by atoms with Crippen molar-refractivity contribution in [2.24, 2.45) is 0 Å². The molecule has 3 rings (SSSR count). The molecule has 3 aromatic rings. The van der Waals surface area contributed by atoms with Crippen LogP contribution in [0, 0.1) is 13.8 Å². The van der Waals surface area contributed by atoms with Crippen molar-refractivity contribution < 1.29 is 4.79 Å². The third kappa shape index (κ3) is 4.70. The van der Waals surface area contributed by atoms with Crippen molar-refractivity contribution in [3.63, 3.8) is 0 Å². The molecule has 0 fully saturated rings. The van der Waals surface area contributed by atoms with Crippen LogP contribution in [0.5, 0.6) is 0 Å². The molecule has 0 aliphatic carbocycles. The van der Waals surface area contributed by atoms with Crippen molar-refractivity contribution in [1.82, 2.24) is 9.97 Å². The highest BCUT2D eigenvalue weighted by molar-refractivity contribution is 8.00. The van der Waals surface area contributed by atoms with Crippen LogP contribution in [-0.4, -0.2) is 21.1 Å². The van der Waals surface area contributed by atoms with Crippen LogP contribution in [0.15, 0.2) is 64.5 Å². The second kappa shape index (κ2) is 8.89. The van der Waals surface area contributed by atoms with E-state index in [0.717, 1.165) is 22.4 Å². The standard InChI is InChI=1S/C22H23N3O2S/c1-4-19(21(27)23-17-12-8-9-14(2)15(17)3)28-22-24-18(13-20(26)25-22)16-10-6-5-7-11-16/h5-13,19H,4H2,1-3H3,(H,23,27)(H,24,25,26). The van der Waals surface area contributed by atoms with E-state index in [1.54, 1.807) is 0 Å². The van der Waals surface area contributed by atoms with Gasteiger partial charge in [-0.05, 0) is 37.5 Å². The van der Waals surface area contributed by atoms with Crippen LogP contribution >= 0.6 is 11.8 Å². The molecule has 1 amide bonds. The quantitative estimate of drug-likeness (QED) is 0.475. The highest BCUT2D eigenvalue weighted by atomic mass is 32.2. The van der Waals surface area contributed by atoms with E-state index in [0.29, 0.717) is 17.3 Å². The Balaban J connectivity index is 1.81. The van der Waals surface area contributed by atoms with Crippen molar-refractivity contribution in [1.29, 1.82) is 0 Å². The van der Waals surface area contributed by atoms with Gasteiger partial charge >= 0.3 is 0 Å². The van der Waals surface area contributed by atoms with Crippen LogP contribution in [0.3, 0.4) is 0 Å². The number of amides is 1. The number of aromatic nitrogens is 2. The fraction of sp³-hybridized carbons (Fsp3) is 0.227. The van der Waals surface area contributed by atoms with Crippen LogP contribution < -0.4 is 10.9 Å². The van der Waals surface area contributed by atoms with Gasteiger partial charge in [0.25, 0.3) is 5.56 Å². The number of aromatic amines is 1. The highest BCUT2D eigenvalue weighted by Gasteiger charge is 2.20. The van der Waals surface area contributed by atoms with E-state index in [2.05, 4.69) is 15.3 Å². The maximum absolute atomic E-state index is 12.8. The molecule has 28 heavy (non-hydrogen) atoms. The first-order chi connectivity index (χ1) is 13.5. The van der Waals surface area contributed by atoms with Gasteiger partial charge in [-0.15, -0.1) is 0 Å². The lowest BCUT2D eigenvalue weighted by atomic mass is 10.1. The molecule has 0 saturated heterocycles. The number of carbonyl (C=O) groups excluding carboxylic acids is 1. The number of nitrogens with one attached hydrogen (secondary N) is 2. The van der Waals surface area contributed by atoms with Gasteiger partial charge in [-0.1, -0.05) is 61.2 Å². The zero-order valence-corrected chi connectivity index (χ0v) is 17.0. The first kappa shape index (κ1) is 19.9. The second-order valence-corrected chi connectivity index (χ2v) is 7.74. The molecule has 1 unspecified atom stereocenters. The summed E-state index contributed by atoms with van der Waals surface area (Å²) in [6, 6.07) is 16.8. The van der Waals surface area contributed by atoms with Crippen LogP contribution in [0.25, 0.3) is 11.3 Å². The summed E-state index contributed by atoms with van der Waals surface area (Å²) in [5, 5.41) is 3.08. The molecule has 0 bridgehead atoms. The molecule has 6 heteroatoms. The number of carbonyl (C=O) groups is 1. The van der Waals surface area contributed by atoms with Gasteiger partial charge in [0.1, 0.15) is 0 Å². The molecule has 2 aromatic carbocycles. The summed E-state index contributed by atoms with van der Waals surface area (Å²) in [5.41, 5.74) is 4.21. The lowest BCUT2D eigenvalue weighted by molar-refractivity contribution is -0.115. The Morgan fingerprint density at radius 3 is 2.61 bits per heavy atom. The van der Waals surface area contributed by atoms with Gasteiger partial charge in [0.2, 0.25) is 5.91 Å². The van der Waals surface area contributed by atoms with Crippen molar-refractivity contribution >= 4 is 23.4 Å². The molecular weight excluding hydrogens is 370 g/mol. The average Bonchev–Trinajstić information content (AvgIpc) is 2.70. The molecule has 144 valence electrons. The van der Waals surface area contributed by atoms with Gasteiger partial charge in [0.15, 0.2) is 5.16 Å². The van der Waals surface area contributed by atoms with Gasteiger partial charge in [-0.2, -0.15) is 0 Å². The normalized spacial score (nSPS) is 11.8. The first-order valence-corrected chi connectivity index (χ1v) is 10.1. The third-order valence-corrected chi connectivity index (χ3v) is 5.82. The zero-order chi connectivity index (χ0) is 20.1. The summed E-state index contributed by atoms with van der Waals surface area (Å²) >= 11 is 1.27. The van der Waals surface area contributed by atoms with Gasteiger partial charge in [0, 0.05) is 17.3 Å². The van der Waals surface area contributed by atoms with Gasteiger partial charge in [0.05, 0.1) is 10.9 Å². The summed E-state index contributed by atoms with van der Waals surface area (Å²) in [6.45, 7) is 5.95.